The maximum Gasteiger partial charge on any atom is 0.422 e. The molecular formula is C11H12F3NO. The highest BCUT2D eigenvalue weighted by Crippen LogP contribution is 2.26. The second-order valence-electron chi connectivity index (χ2n) is 3.72. The highest BCUT2D eigenvalue weighted by atomic mass is 19.4. The lowest BCUT2D eigenvalue weighted by molar-refractivity contribution is -0.153. The Kier molecular flexibility index (Phi) is 3.05. The Labute approximate surface area is 91.4 Å². The van der Waals surface area contributed by atoms with Gasteiger partial charge in [0, 0.05) is 12.1 Å². The summed E-state index contributed by atoms with van der Waals surface area (Å²) in [4.78, 5) is 0. The quantitative estimate of drug-likeness (QED) is 0.843. The molecule has 0 aliphatic carbocycles. The summed E-state index contributed by atoms with van der Waals surface area (Å²) in [5.41, 5.74) is 1.91. The van der Waals surface area contributed by atoms with Crippen LogP contribution in [0.25, 0.3) is 0 Å². The van der Waals surface area contributed by atoms with E-state index in [1.807, 2.05) is 6.07 Å². The van der Waals surface area contributed by atoms with Crippen LogP contribution in [0.2, 0.25) is 0 Å². The molecule has 1 aromatic rings. The highest BCUT2D eigenvalue weighted by molar-refractivity contribution is 5.41. The van der Waals surface area contributed by atoms with E-state index in [4.69, 9.17) is 4.74 Å². The number of nitrogens with one attached hydrogen (secondary N) is 1. The molecule has 1 aliphatic heterocycles. The second-order valence-corrected chi connectivity index (χ2v) is 3.72. The summed E-state index contributed by atoms with van der Waals surface area (Å²) in [7, 11) is 0. The van der Waals surface area contributed by atoms with Gasteiger partial charge in [0.15, 0.2) is 6.61 Å². The lowest BCUT2D eigenvalue weighted by Gasteiger charge is -2.20. The van der Waals surface area contributed by atoms with E-state index in [0.29, 0.717) is 12.3 Å². The fourth-order valence-electron chi connectivity index (χ4n) is 1.78. The monoisotopic (exact) mass is 231 g/mol. The number of benzene rings is 1. The van der Waals surface area contributed by atoms with Gasteiger partial charge in [0.25, 0.3) is 0 Å². The van der Waals surface area contributed by atoms with E-state index in [1.54, 1.807) is 12.1 Å². The second kappa shape index (κ2) is 4.33. The fourth-order valence-corrected chi connectivity index (χ4v) is 1.78. The summed E-state index contributed by atoms with van der Waals surface area (Å²) < 4.78 is 40.9. The summed E-state index contributed by atoms with van der Waals surface area (Å²) in [5, 5.41) is 3.12. The van der Waals surface area contributed by atoms with E-state index >= 15 is 0 Å². The van der Waals surface area contributed by atoms with Crippen molar-refractivity contribution < 1.29 is 17.9 Å². The van der Waals surface area contributed by atoms with Gasteiger partial charge in [0.2, 0.25) is 0 Å². The van der Waals surface area contributed by atoms with Crippen LogP contribution < -0.4 is 10.1 Å². The molecule has 0 spiro atoms. The Bertz CT molecular complexity index is 376. The van der Waals surface area contributed by atoms with Crippen LogP contribution >= 0.6 is 0 Å². The average Bonchev–Trinajstić information content (AvgIpc) is 2.25. The smallest absolute Gasteiger partial charge is 0.422 e. The van der Waals surface area contributed by atoms with E-state index < -0.39 is 12.8 Å². The van der Waals surface area contributed by atoms with Gasteiger partial charge in [-0.3, -0.25) is 0 Å². The molecule has 1 aromatic carbocycles. The van der Waals surface area contributed by atoms with Crippen LogP contribution in [0.15, 0.2) is 18.2 Å². The predicted octanol–water partition coefficient (Wildman–Crippen LogP) is 2.27. The van der Waals surface area contributed by atoms with Crippen molar-refractivity contribution in [2.24, 2.45) is 0 Å². The van der Waals surface area contributed by atoms with Crippen LogP contribution in [0, 0.1) is 0 Å². The zero-order valence-electron chi connectivity index (χ0n) is 8.60. The predicted molar refractivity (Wildman–Crippen MR) is 53.4 cm³/mol. The number of alkyl halides is 3. The third-order valence-corrected chi connectivity index (χ3v) is 2.49. The maximum atomic E-state index is 12.0. The molecule has 1 heterocycles. The topological polar surface area (TPSA) is 21.3 Å². The Hall–Kier alpha value is -1.23. The summed E-state index contributed by atoms with van der Waals surface area (Å²) in [6.07, 6.45) is -3.45. The van der Waals surface area contributed by atoms with Crippen molar-refractivity contribution in [2.45, 2.75) is 19.1 Å². The van der Waals surface area contributed by atoms with Gasteiger partial charge in [-0.25, -0.2) is 0 Å². The zero-order valence-corrected chi connectivity index (χ0v) is 8.60. The van der Waals surface area contributed by atoms with Gasteiger partial charge in [-0.05, 0) is 24.6 Å². The minimum atomic E-state index is -4.29. The van der Waals surface area contributed by atoms with E-state index in [9.17, 15) is 13.2 Å². The summed E-state index contributed by atoms with van der Waals surface area (Å²) in [5.74, 6) is 0.335. The molecule has 0 saturated carbocycles. The Morgan fingerprint density at radius 1 is 1.31 bits per heavy atom. The number of hydrogen-bond acceptors (Lipinski definition) is 2. The van der Waals surface area contributed by atoms with Crippen LogP contribution in [0.3, 0.4) is 0 Å². The average molecular weight is 231 g/mol. The van der Waals surface area contributed by atoms with E-state index in [0.717, 1.165) is 24.1 Å². The number of rotatable bonds is 2. The molecule has 1 N–H and O–H groups in total. The van der Waals surface area contributed by atoms with Gasteiger partial charge < -0.3 is 10.1 Å². The van der Waals surface area contributed by atoms with Crippen LogP contribution in [-0.4, -0.2) is 19.3 Å². The SMILES string of the molecule is FC(F)(F)COc1cccc2c1CNCC2. The number of hydrogen-bond donors (Lipinski definition) is 1. The molecule has 0 fully saturated rings. The largest absolute Gasteiger partial charge is 0.484 e. The minimum absolute atomic E-state index is 0.335. The zero-order chi connectivity index (χ0) is 11.6. The van der Waals surface area contributed by atoms with Gasteiger partial charge in [-0.1, -0.05) is 12.1 Å². The normalized spacial score (nSPS) is 15.7. The van der Waals surface area contributed by atoms with E-state index in [2.05, 4.69) is 5.32 Å². The summed E-state index contributed by atoms with van der Waals surface area (Å²) in [6, 6.07) is 5.24. The van der Waals surface area contributed by atoms with Gasteiger partial charge in [0.1, 0.15) is 5.75 Å². The first-order valence-electron chi connectivity index (χ1n) is 5.07. The molecule has 16 heavy (non-hydrogen) atoms. The van der Waals surface area contributed by atoms with Gasteiger partial charge >= 0.3 is 6.18 Å². The van der Waals surface area contributed by atoms with Crippen LogP contribution in [0.4, 0.5) is 13.2 Å². The molecule has 0 aromatic heterocycles. The lowest BCUT2D eigenvalue weighted by atomic mass is 10.0. The Morgan fingerprint density at radius 3 is 2.88 bits per heavy atom. The molecule has 0 bridgehead atoms. The molecule has 0 amide bonds. The van der Waals surface area contributed by atoms with Crippen molar-refractivity contribution in [3.63, 3.8) is 0 Å². The van der Waals surface area contributed by atoms with Crippen molar-refractivity contribution >= 4 is 0 Å². The molecule has 1 aliphatic rings. The number of fused-ring (bicyclic) bond motifs is 1. The highest BCUT2D eigenvalue weighted by Gasteiger charge is 2.29. The molecule has 5 heteroatoms. The molecule has 0 radical (unpaired) electrons. The summed E-state index contributed by atoms with van der Waals surface area (Å²) >= 11 is 0. The number of halogens is 3. The standard InChI is InChI=1S/C11H12F3NO/c12-11(13,14)7-16-10-3-1-2-8-4-5-15-6-9(8)10/h1-3,15H,4-7H2. The van der Waals surface area contributed by atoms with Crippen molar-refractivity contribution in [1.82, 2.24) is 5.32 Å². The van der Waals surface area contributed by atoms with Gasteiger partial charge in [0.05, 0.1) is 0 Å². The first-order chi connectivity index (χ1) is 7.56. The third-order valence-electron chi connectivity index (χ3n) is 2.49. The van der Waals surface area contributed by atoms with Crippen molar-refractivity contribution in [1.29, 1.82) is 0 Å². The van der Waals surface area contributed by atoms with Gasteiger partial charge in [-0.2, -0.15) is 13.2 Å². The van der Waals surface area contributed by atoms with E-state index in [1.165, 1.54) is 0 Å². The third kappa shape index (κ3) is 2.66. The Balaban J connectivity index is 2.15. The molecule has 88 valence electrons. The minimum Gasteiger partial charge on any atom is -0.484 e. The number of ether oxygens (including phenoxy) is 1. The van der Waals surface area contributed by atoms with Crippen LogP contribution in [0.1, 0.15) is 11.1 Å². The molecular weight excluding hydrogens is 219 g/mol. The molecule has 0 saturated heterocycles. The molecule has 0 atom stereocenters. The lowest BCUT2D eigenvalue weighted by Crippen LogP contribution is -2.25. The van der Waals surface area contributed by atoms with Crippen molar-refractivity contribution in [3.05, 3.63) is 29.3 Å². The molecule has 2 rings (SSSR count). The first-order valence-corrected chi connectivity index (χ1v) is 5.07. The fraction of sp³-hybridized carbons (Fsp3) is 0.455. The summed E-state index contributed by atoms with van der Waals surface area (Å²) in [6.45, 7) is 0.197. The van der Waals surface area contributed by atoms with E-state index in [-0.39, 0.29) is 0 Å². The molecule has 2 nitrogen and oxygen atoms in total. The molecule has 0 unspecified atom stereocenters. The van der Waals surface area contributed by atoms with Gasteiger partial charge in [-0.15, -0.1) is 0 Å². The van der Waals surface area contributed by atoms with Crippen molar-refractivity contribution in [3.8, 4) is 5.75 Å². The van der Waals surface area contributed by atoms with Crippen molar-refractivity contribution in [2.75, 3.05) is 13.2 Å². The Morgan fingerprint density at radius 2 is 2.12 bits per heavy atom. The maximum absolute atomic E-state index is 12.0. The van der Waals surface area contributed by atoms with Crippen LogP contribution in [-0.2, 0) is 13.0 Å². The van der Waals surface area contributed by atoms with Crippen LogP contribution in [0.5, 0.6) is 5.75 Å². The first kappa shape index (κ1) is 11.3.